The van der Waals surface area contributed by atoms with E-state index in [0.717, 1.165) is 0 Å². The Kier molecular flexibility index (Phi) is 6.08. The molecule has 0 radical (unpaired) electrons. The fraction of sp³-hybridized carbons (Fsp3) is 0. The largest absolute Gasteiger partial charge is 0.349 e. The first-order chi connectivity index (χ1) is 11.6. The van der Waals surface area contributed by atoms with Crippen LogP contribution in [0.15, 0.2) is 84.9 Å². The van der Waals surface area contributed by atoms with Gasteiger partial charge in [-0.25, -0.2) is 16.5 Å². The van der Waals surface area contributed by atoms with Gasteiger partial charge in [0.1, 0.15) is 0 Å². The zero-order chi connectivity index (χ0) is 17.4. The van der Waals surface area contributed by atoms with Crippen LogP contribution in [0.2, 0.25) is 0 Å². The van der Waals surface area contributed by atoms with Crippen LogP contribution in [0.5, 0.6) is 0 Å². The fourth-order valence-corrected chi connectivity index (χ4v) is 2.12. The third kappa shape index (κ3) is 4.95. The third-order valence-electron chi connectivity index (χ3n) is 3.35. The van der Waals surface area contributed by atoms with E-state index in [4.69, 9.17) is 0 Å². The Bertz CT molecular complexity index is 698. The number of carbonyl (C=O) groups excluding carboxylic acids is 1. The predicted molar refractivity (Wildman–Crippen MR) is 97.1 cm³/mol. The molecular formula is C19H20N4O. The average Bonchev–Trinajstić information content (AvgIpc) is 2.64. The van der Waals surface area contributed by atoms with Crippen LogP contribution in [-0.2, 0) is 0 Å². The number of hydrogen-bond donors (Lipinski definition) is 3. The summed E-state index contributed by atoms with van der Waals surface area (Å²) < 4.78 is 0. The van der Waals surface area contributed by atoms with Crippen molar-refractivity contribution < 1.29 is 4.79 Å². The van der Waals surface area contributed by atoms with Gasteiger partial charge in [0, 0.05) is 0 Å². The van der Waals surface area contributed by atoms with E-state index in [1.165, 1.54) is 22.3 Å². The molecule has 0 saturated carbocycles. The normalized spacial score (nSPS) is 9.58. The van der Waals surface area contributed by atoms with Crippen molar-refractivity contribution in [2.45, 2.75) is 0 Å². The second-order valence-corrected chi connectivity index (χ2v) is 5.05. The van der Waals surface area contributed by atoms with E-state index in [1.54, 1.807) is 0 Å². The molecule has 0 saturated heterocycles. The van der Waals surface area contributed by atoms with Crippen LogP contribution in [0, 0.1) is 0 Å². The minimum atomic E-state index is -0.852. The number of rotatable bonds is 2. The molecule has 3 aromatic rings. The van der Waals surface area contributed by atoms with Crippen molar-refractivity contribution in [3.63, 3.8) is 0 Å². The maximum atomic E-state index is 9.60. The van der Waals surface area contributed by atoms with Crippen LogP contribution in [0.4, 0.5) is 4.79 Å². The maximum Gasteiger partial charge on any atom is 0.343 e. The first-order valence-corrected chi connectivity index (χ1v) is 7.38. The molecule has 0 aromatic heterocycles. The molecule has 0 unspecified atom stereocenters. The number of nitrogens with two attached hydrogens (primary N) is 3. The first kappa shape index (κ1) is 17.2. The van der Waals surface area contributed by atoms with Crippen molar-refractivity contribution in [2.75, 3.05) is 0 Å². The van der Waals surface area contributed by atoms with Gasteiger partial charge in [0.15, 0.2) is 0 Å². The van der Waals surface area contributed by atoms with Crippen LogP contribution in [0.1, 0.15) is 0 Å². The quantitative estimate of drug-likeness (QED) is 0.384. The van der Waals surface area contributed by atoms with Crippen molar-refractivity contribution in [1.82, 2.24) is 5.12 Å². The number of amides is 2. The van der Waals surface area contributed by atoms with Gasteiger partial charge in [-0.1, -0.05) is 84.9 Å². The summed E-state index contributed by atoms with van der Waals surface area (Å²) in [6.07, 6.45) is 0. The summed E-state index contributed by atoms with van der Waals surface area (Å²) >= 11 is 0. The molecular weight excluding hydrogens is 300 g/mol. The minimum absolute atomic E-state index is 0.306. The van der Waals surface area contributed by atoms with Crippen LogP contribution in [0.25, 0.3) is 22.3 Å². The molecule has 0 fully saturated rings. The number of urea groups is 1. The number of carbonyl (C=O) groups is 1. The zero-order valence-corrected chi connectivity index (χ0v) is 13.2. The number of benzene rings is 3. The maximum absolute atomic E-state index is 9.60. The zero-order valence-electron chi connectivity index (χ0n) is 13.2. The average molecular weight is 320 g/mol. The van der Waals surface area contributed by atoms with Crippen molar-refractivity contribution in [1.29, 1.82) is 0 Å². The highest BCUT2D eigenvalue weighted by Crippen LogP contribution is 2.24. The molecule has 3 aromatic carbocycles. The number of hydrogen-bond acceptors (Lipinski definition) is 3. The van der Waals surface area contributed by atoms with Crippen LogP contribution in [-0.4, -0.2) is 11.1 Å². The standard InChI is InChI=1S/C18H14.CH6N4O/c1-3-7-15(8-4-1)17-11-13-18(14-12-17)16-9-5-2-6-10-16;2-1(6)5(3)4/h1-14H;3-4H2,(H2,2,6). The third-order valence-corrected chi connectivity index (χ3v) is 3.35. The monoisotopic (exact) mass is 320 g/mol. The van der Waals surface area contributed by atoms with Gasteiger partial charge in [-0.05, 0) is 22.3 Å². The summed E-state index contributed by atoms with van der Waals surface area (Å²) in [6, 6.07) is 28.8. The topological polar surface area (TPSA) is 98.4 Å². The Morgan fingerprint density at radius 3 is 1.08 bits per heavy atom. The summed E-state index contributed by atoms with van der Waals surface area (Å²) in [5, 5.41) is 0.306. The lowest BCUT2D eigenvalue weighted by molar-refractivity contribution is 0.210. The van der Waals surface area contributed by atoms with E-state index < -0.39 is 6.03 Å². The fourth-order valence-electron chi connectivity index (χ4n) is 2.12. The van der Waals surface area contributed by atoms with Crippen molar-refractivity contribution in [3.05, 3.63) is 84.9 Å². The molecule has 0 bridgehead atoms. The van der Waals surface area contributed by atoms with Gasteiger partial charge in [-0.3, -0.25) is 0 Å². The van der Waals surface area contributed by atoms with Gasteiger partial charge >= 0.3 is 6.03 Å². The highest BCUT2D eigenvalue weighted by Gasteiger charge is 1.98. The molecule has 5 heteroatoms. The van der Waals surface area contributed by atoms with E-state index in [0.29, 0.717) is 5.12 Å². The second-order valence-electron chi connectivity index (χ2n) is 5.05. The van der Waals surface area contributed by atoms with E-state index >= 15 is 0 Å². The van der Waals surface area contributed by atoms with Crippen LogP contribution < -0.4 is 17.4 Å². The Morgan fingerprint density at radius 2 is 0.833 bits per heavy atom. The summed E-state index contributed by atoms with van der Waals surface area (Å²) in [5.74, 6) is 9.14. The van der Waals surface area contributed by atoms with Gasteiger partial charge in [0.25, 0.3) is 0 Å². The van der Waals surface area contributed by atoms with Gasteiger partial charge in [0.2, 0.25) is 0 Å². The molecule has 0 spiro atoms. The lowest BCUT2D eigenvalue weighted by atomic mass is 10.0. The number of hydrazine groups is 2. The van der Waals surface area contributed by atoms with Gasteiger partial charge in [-0.2, -0.15) is 5.12 Å². The molecule has 3 rings (SSSR count). The van der Waals surface area contributed by atoms with Gasteiger partial charge < -0.3 is 5.73 Å². The smallest absolute Gasteiger partial charge is 0.343 e. The lowest BCUT2D eigenvalue weighted by Crippen LogP contribution is -2.46. The molecule has 0 atom stereocenters. The van der Waals surface area contributed by atoms with Crippen LogP contribution >= 0.6 is 0 Å². The van der Waals surface area contributed by atoms with Crippen molar-refractivity contribution in [2.24, 2.45) is 17.4 Å². The molecule has 0 aliphatic carbocycles. The summed E-state index contributed by atoms with van der Waals surface area (Å²) in [4.78, 5) is 9.60. The van der Waals surface area contributed by atoms with Gasteiger partial charge in [-0.15, -0.1) is 0 Å². The highest BCUT2D eigenvalue weighted by atomic mass is 16.2. The molecule has 6 N–H and O–H groups in total. The van der Waals surface area contributed by atoms with Crippen molar-refractivity contribution >= 4 is 6.03 Å². The predicted octanol–water partition coefficient (Wildman–Crippen LogP) is 3.14. The van der Waals surface area contributed by atoms with E-state index in [-0.39, 0.29) is 0 Å². The minimum Gasteiger partial charge on any atom is -0.349 e. The van der Waals surface area contributed by atoms with Crippen molar-refractivity contribution in [3.8, 4) is 22.3 Å². The molecule has 0 aliphatic rings. The first-order valence-electron chi connectivity index (χ1n) is 7.38. The highest BCUT2D eigenvalue weighted by molar-refractivity contribution is 5.70. The molecule has 122 valence electrons. The molecule has 0 heterocycles. The number of primary amides is 1. The molecule has 0 aliphatic heterocycles. The van der Waals surface area contributed by atoms with E-state index in [2.05, 4.69) is 90.2 Å². The summed E-state index contributed by atoms with van der Waals surface area (Å²) in [7, 11) is 0. The summed E-state index contributed by atoms with van der Waals surface area (Å²) in [6.45, 7) is 0. The Morgan fingerprint density at radius 1 is 0.583 bits per heavy atom. The number of nitrogens with zero attached hydrogens (tertiary/aromatic N) is 1. The SMILES string of the molecule is NC(=O)N(N)N.c1ccc(-c2ccc(-c3ccccc3)cc2)cc1. The second kappa shape index (κ2) is 8.47. The van der Waals surface area contributed by atoms with Gasteiger partial charge in [0.05, 0.1) is 0 Å². The lowest BCUT2D eigenvalue weighted by Gasteiger charge is -2.04. The summed E-state index contributed by atoms with van der Waals surface area (Å²) in [5.41, 5.74) is 9.51. The molecule has 5 nitrogen and oxygen atoms in total. The van der Waals surface area contributed by atoms with E-state index in [1.807, 2.05) is 12.1 Å². The Balaban J connectivity index is 0.000000301. The Labute approximate surface area is 141 Å². The molecule has 2 amide bonds. The molecule has 24 heavy (non-hydrogen) atoms. The van der Waals surface area contributed by atoms with E-state index in [9.17, 15) is 4.79 Å². The Hall–Kier alpha value is -3.15. The van der Waals surface area contributed by atoms with Crippen LogP contribution in [0.3, 0.4) is 0 Å².